The Morgan fingerprint density at radius 3 is 2.67 bits per heavy atom. The van der Waals surface area contributed by atoms with Crippen molar-refractivity contribution in [3.63, 3.8) is 0 Å². The van der Waals surface area contributed by atoms with Gasteiger partial charge in [0.2, 0.25) is 0 Å². The Labute approximate surface area is 112 Å². The fourth-order valence-corrected chi connectivity index (χ4v) is 1.95. The van der Waals surface area contributed by atoms with E-state index in [0.29, 0.717) is 11.6 Å². The van der Waals surface area contributed by atoms with Gasteiger partial charge in [-0.3, -0.25) is 0 Å². The van der Waals surface area contributed by atoms with Crippen molar-refractivity contribution < 1.29 is 4.74 Å². The molecule has 0 aliphatic carbocycles. The van der Waals surface area contributed by atoms with E-state index < -0.39 is 0 Å². The van der Waals surface area contributed by atoms with Crippen LogP contribution in [0.4, 0.5) is 0 Å². The monoisotopic (exact) mass is 257 g/mol. The predicted octanol–water partition coefficient (Wildman–Crippen LogP) is 3.21. The number of hydrogen-bond donors (Lipinski definition) is 1. The zero-order valence-corrected chi connectivity index (χ0v) is 11.0. The van der Waals surface area contributed by atoms with Crippen molar-refractivity contribution in [2.24, 2.45) is 5.73 Å². The van der Waals surface area contributed by atoms with Crippen molar-refractivity contribution in [3.8, 4) is 5.75 Å². The van der Waals surface area contributed by atoms with Crippen LogP contribution in [0.5, 0.6) is 5.75 Å². The molecule has 2 rings (SSSR count). The molecule has 0 radical (unpaired) electrons. The lowest BCUT2D eigenvalue weighted by Crippen LogP contribution is -2.13. The first-order valence-corrected chi connectivity index (χ1v) is 6.15. The number of benzene rings is 2. The Hall–Kier alpha value is -1.87. The third-order valence-corrected chi connectivity index (χ3v) is 2.89. The number of aryl methyl sites for hydroxylation is 1. The van der Waals surface area contributed by atoms with Gasteiger partial charge in [-0.2, -0.15) is 0 Å². The SMILES string of the molecule is Cc1cccc(OCc2ccccc2C(N)=S)c1. The molecule has 0 aromatic heterocycles. The van der Waals surface area contributed by atoms with Crippen molar-refractivity contribution in [3.05, 3.63) is 65.2 Å². The summed E-state index contributed by atoms with van der Waals surface area (Å²) in [5.74, 6) is 0.854. The van der Waals surface area contributed by atoms with E-state index in [4.69, 9.17) is 22.7 Å². The molecule has 0 spiro atoms. The molecule has 2 N–H and O–H groups in total. The van der Waals surface area contributed by atoms with Crippen LogP contribution < -0.4 is 10.5 Å². The second-order valence-electron chi connectivity index (χ2n) is 4.13. The van der Waals surface area contributed by atoms with E-state index in [-0.39, 0.29) is 0 Å². The minimum atomic E-state index is 0.401. The highest BCUT2D eigenvalue weighted by Gasteiger charge is 2.04. The minimum Gasteiger partial charge on any atom is -0.489 e. The standard InChI is InChI=1S/C15H15NOS/c1-11-5-4-7-13(9-11)17-10-12-6-2-3-8-14(12)15(16)18/h2-9H,10H2,1H3,(H2,16,18). The van der Waals surface area contributed by atoms with Gasteiger partial charge in [0.15, 0.2) is 0 Å². The average Bonchev–Trinajstić information content (AvgIpc) is 2.37. The molecule has 0 saturated carbocycles. The van der Waals surface area contributed by atoms with E-state index >= 15 is 0 Å². The second kappa shape index (κ2) is 5.65. The molecule has 2 nitrogen and oxygen atoms in total. The van der Waals surface area contributed by atoms with Crippen molar-refractivity contribution in [1.29, 1.82) is 0 Å². The van der Waals surface area contributed by atoms with Crippen LogP contribution in [0.3, 0.4) is 0 Å². The number of thiocarbonyl (C=S) groups is 1. The van der Waals surface area contributed by atoms with Crippen molar-refractivity contribution in [1.82, 2.24) is 0 Å². The Morgan fingerprint density at radius 1 is 1.17 bits per heavy atom. The summed E-state index contributed by atoms with van der Waals surface area (Å²) in [5.41, 5.74) is 8.74. The molecule has 0 unspecified atom stereocenters. The van der Waals surface area contributed by atoms with E-state index in [1.807, 2.05) is 55.5 Å². The van der Waals surface area contributed by atoms with Gasteiger partial charge in [0.1, 0.15) is 17.3 Å². The predicted molar refractivity (Wildman–Crippen MR) is 77.8 cm³/mol. The number of rotatable bonds is 4. The Bertz CT molecular complexity index is 566. The van der Waals surface area contributed by atoms with E-state index in [2.05, 4.69) is 0 Å². The lowest BCUT2D eigenvalue weighted by atomic mass is 10.1. The molecule has 0 fully saturated rings. The van der Waals surface area contributed by atoms with Gasteiger partial charge in [-0.25, -0.2) is 0 Å². The Kier molecular flexibility index (Phi) is 3.95. The quantitative estimate of drug-likeness (QED) is 0.854. The number of nitrogens with two attached hydrogens (primary N) is 1. The molecular formula is C15H15NOS. The van der Waals surface area contributed by atoms with E-state index in [1.54, 1.807) is 0 Å². The van der Waals surface area contributed by atoms with Gasteiger partial charge >= 0.3 is 0 Å². The van der Waals surface area contributed by atoms with Crippen LogP contribution in [0.2, 0.25) is 0 Å². The van der Waals surface area contributed by atoms with Crippen LogP contribution in [-0.2, 0) is 6.61 Å². The van der Waals surface area contributed by atoms with E-state index in [9.17, 15) is 0 Å². The molecular weight excluding hydrogens is 242 g/mol. The molecule has 0 saturated heterocycles. The van der Waals surface area contributed by atoms with Gasteiger partial charge in [0, 0.05) is 5.56 Å². The van der Waals surface area contributed by atoms with Crippen LogP contribution in [0.1, 0.15) is 16.7 Å². The van der Waals surface area contributed by atoms with Crippen LogP contribution in [0, 0.1) is 6.92 Å². The summed E-state index contributed by atoms with van der Waals surface area (Å²) in [6, 6.07) is 15.7. The summed E-state index contributed by atoms with van der Waals surface area (Å²) in [6.07, 6.45) is 0. The number of ether oxygens (including phenoxy) is 1. The van der Waals surface area contributed by atoms with Crippen LogP contribution in [0.25, 0.3) is 0 Å². The molecule has 3 heteroatoms. The maximum atomic E-state index is 5.75. The molecule has 0 heterocycles. The lowest BCUT2D eigenvalue weighted by Gasteiger charge is -2.10. The minimum absolute atomic E-state index is 0.401. The van der Waals surface area contributed by atoms with Crippen LogP contribution in [-0.4, -0.2) is 4.99 Å². The molecule has 18 heavy (non-hydrogen) atoms. The molecule has 0 bridgehead atoms. The fraction of sp³-hybridized carbons (Fsp3) is 0.133. The van der Waals surface area contributed by atoms with E-state index in [1.165, 1.54) is 5.56 Å². The number of hydrogen-bond acceptors (Lipinski definition) is 2. The first kappa shape index (κ1) is 12.6. The van der Waals surface area contributed by atoms with Crippen molar-refractivity contribution in [2.45, 2.75) is 13.5 Å². The van der Waals surface area contributed by atoms with Crippen LogP contribution >= 0.6 is 12.2 Å². The van der Waals surface area contributed by atoms with Crippen molar-refractivity contribution in [2.75, 3.05) is 0 Å². The molecule has 2 aromatic carbocycles. The summed E-state index contributed by atoms with van der Waals surface area (Å²) in [7, 11) is 0. The van der Waals surface area contributed by atoms with Gasteiger partial charge in [-0.15, -0.1) is 0 Å². The largest absolute Gasteiger partial charge is 0.489 e. The molecule has 2 aromatic rings. The highest BCUT2D eigenvalue weighted by Crippen LogP contribution is 2.16. The highest BCUT2D eigenvalue weighted by molar-refractivity contribution is 7.80. The first-order valence-electron chi connectivity index (χ1n) is 5.74. The van der Waals surface area contributed by atoms with Crippen LogP contribution in [0.15, 0.2) is 48.5 Å². The maximum Gasteiger partial charge on any atom is 0.120 e. The molecule has 92 valence electrons. The second-order valence-corrected chi connectivity index (χ2v) is 4.57. The normalized spacial score (nSPS) is 10.1. The molecule has 0 amide bonds. The van der Waals surface area contributed by atoms with Gasteiger partial charge in [-0.05, 0) is 30.2 Å². The topological polar surface area (TPSA) is 35.2 Å². The first-order chi connectivity index (χ1) is 8.66. The van der Waals surface area contributed by atoms with Gasteiger partial charge < -0.3 is 10.5 Å². The molecule has 0 aliphatic heterocycles. The highest BCUT2D eigenvalue weighted by atomic mass is 32.1. The molecule has 0 aliphatic rings. The maximum absolute atomic E-state index is 5.75. The summed E-state index contributed by atoms with van der Waals surface area (Å²) in [6.45, 7) is 2.51. The van der Waals surface area contributed by atoms with Crippen molar-refractivity contribution >= 4 is 17.2 Å². The summed E-state index contributed by atoms with van der Waals surface area (Å²) < 4.78 is 5.75. The summed E-state index contributed by atoms with van der Waals surface area (Å²) in [4.78, 5) is 0.401. The van der Waals surface area contributed by atoms with Gasteiger partial charge in [0.05, 0.1) is 0 Å². The average molecular weight is 257 g/mol. The van der Waals surface area contributed by atoms with Gasteiger partial charge in [-0.1, -0.05) is 48.6 Å². The summed E-state index contributed by atoms with van der Waals surface area (Å²) in [5, 5.41) is 0. The van der Waals surface area contributed by atoms with E-state index in [0.717, 1.165) is 16.9 Å². The third-order valence-electron chi connectivity index (χ3n) is 2.67. The lowest BCUT2D eigenvalue weighted by molar-refractivity contribution is 0.306. The zero-order chi connectivity index (χ0) is 13.0. The third kappa shape index (κ3) is 3.08. The Morgan fingerprint density at radius 2 is 1.94 bits per heavy atom. The van der Waals surface area contributed by atoms with Gasteiger partial charge in [0.25, 0.3) is 0 Å². The molecule has 0 atom stereocenters. The zero-order valence-electron chi connectivity index (χ0n) is 10.2. The Balaban J connectivity index is 2.13. The smallest absolute Gasteiger partial charge is 0.120 e. The summed E-state index contributed by atoms with van der Waals surface area (Å²) >= 11 is 5.02. The fourth-order valence-electron chi connectivity index (χ4n) is 1.75.